The molecule has 24 heavy (non-hydrogen) atoms. The van der Waals surface area contributed by atoms with Crippen molar-refractivity contribution in [2.24, 2.45) is 0 Å². The van der Waals surface area contributed by atoms with Gasteiger partial charge in [-0.15, -0.1) is 0 Å². The summed E-state index contributed by atoms with van der Waals surface area (Å²) in [6, 6.07) is 8.50. The lowest BCUT2D eigenvalue weighted by molar-refractivity contribution is -0.139. The summed E-state index contributed by atoms with van der Waals surface area (Å²) in [4.78, 5) is 39.3. The van der Waals surface area contributed by atoms with E-state index in [1.807, 2.05) is 30.0 Å². The van der Waals surface area contributed by atoms with Crippen LogP contribution >= 0.6 is 0 Å². The van der Waals surface area contributed by atoms with Crippen molar-refractivity contribution in [3.8, 4) is 0 Å². The van der Waals surface area contributed by atoms with Crippen molar-refractivity contribution < 1.29 is 14.4 Å². The summed E-state index contributed by atoms with van der Waals surface area (Å²) in [6.07, 6.45) is 2.55. The number of hydrogen-bond acceptors (Lipinski definition) is 4. The van der Waals surface area contributed by atoms with Gasteiger partial charge in [0.15, 0.2) is 0 Å². The van der Waals surface area contributed by atoms with Crippen molar-refractivity contribution in [1.82, 2.24) is 20.7 Å². The molecule has 7 heteroatoms. The molecule has 2 heterocycles. The lowest BCUT2D eigenvalue weighted by Crippen LogP contribution is -2.50. The van der Waals surface area contributed by atoms with E-state index < -0.39 is 17.5 Å². The zero-order chi connectivity index (χ0) is 17.2. The number of hydrazine groups is 1. The van der Waals surface area contributed by atoms with Gasteiger partial charge in [-0.05, 0) is 37.9 Å². The minimum atomic E-state index is -1.13. The van der Waals surface area contributed by atoms with Crippen LogP contribution in [0.15, 0.2) is 30.3 Å². The number of nitrogens with one attached hydrogen (secondary N) is 2. The average Bonchev–Trinajstić information content (AvgIpc) is 3.18. The summed E-state index contributed by atoms with van der Waals surface area (Å²) >= 11 is 0. The number of hydrogen-bond donors (Lipinski definition) is 2. The maximum absolute atomic E-state index is 12.9. The Hall–Kier alpha value is -2.41. The van der Waals surface area contributed by atoms with Crippen LogP contribution in [0, 0.1) is 0 Å². The molecular weight excluding hydrogens is 308 g/mol. The maximum atomic E-state index is 12.9. The Balaban J connectivity index is 1.74. The highest BCUT2D eigenvalue weighted by molar-refractivity contribution is 6.08. The van der Waals surface area contributed by atoms with Gasteiger partial charge in [0, 0.05) is 0 Å². The van der Waals surface area contributed by atoms with Gasteiger partial charge >= 0.3 is 6.03 Å². The first kappa shape index (κ1) is 16.4. The molecule has 2 N–H and O–H groups in total. The lowest BCUT2D eigenvalue weighted by Gasteiger charge is -2.25. The lowest BCUT2D eigenvalue weighted by atomic mass is 9.87. The third-order valence-corrected chi connectivity index (χ3v) is 4.69. The fourth-order valence-corrected chi connectivity index (χ4v) is 3.34. The summed E-state index contributed by atoms with van der Waals surface area (Å²) in [7, 11) is 0. The van der Waals surface area contributed by atoms with Crippen molar-refractivity contribution >= 4 is 17.8 Å². The first-order valence-corrected chi connectivity index (χ1v) is 8.31. The van der Waals surface area contributed by atoms with Gasteiger partial charge in [0.1, 0.15) is 5.54 Å². The van der Waals surface area contributed by atoms with Gasteiger partial charge in [-0.2, -0.15) is 5.01 Å². The molecule has 2 saturated heterocycles. The van der Waals surface area contributed by atoms with Gasteiger partial charge in [0.05, 0.1) is 6.54 Å². The zero-order valence-electron chi connectivity index (χ0n) is 13.7. The second-order valence-corrected chi connectivity index (χ2v) is 6.21. The van der Waals surface area contributed by atoms with Gasteiger partial charge < -0.3 is 5.32 Å². The first-order valence-electron chi connectivity index (χ1n) is 8.31. The smallest absolute Gasteiger partial charge is 0.318 e. The summed E-state index contributed by atoms with van der Waals surface area (Å²) in [6.45, 7) is 3.77. The molecule has 0 unspecified atom stereocenters. The number of rotatable bonds is 5. The number of nitrogens with zero attached hydrogens (tertiary/aromatic N) is 2. The molecule has 0 saturated carbocycles. The normalized spacial score (nSPS) is 24.3. The van der Waals surface area contributed by atoms with Crippen molar-refractivity contribution in [2.75, 3.05) is 19.6 Å². The summed E-state index contributed by atoms with van der Waals surface area (Å²) in [5, 5.41) is 3.56. The van der Waals surface area contributed by atoms with Crippen LogP contribution in [0.5, 0.6) is 0 Å². The van der Waals surface area contributed by atoms with Gasteiger partial charge in [-0.25, -0.2) is 4.79 Å². The van der Waals surface area contributed by atoms with Crippen molar-refractivity contribution in [1.29, 1.82) is 0 Å². The molecule has 1 atom stereocenters. The Kier molecular flexibility index (Phi) is 4.53. The highest BCUT2D eigenvalue weighted by Crippen LogP contribution is 2.31. The van der Waals surface area contributed by atoms with E-state index in [2.05, 4.69) is 10.7 Å². The monoisotopic (exact) mass is 330 g/mol. The minimum Gasteiger partial charge on any atom is -0.318 e. The number of carbonyl (C=O) groups is 3. The van der Waals surface area contributed by atoms with E-state index in [0.29, 0.717) is 12.0 Å². The molecule has 3 rings (SSSR count). The second-order valence-electron chi connectivity index (χ2n) is 6.21. The van der Waals surface area contributed by atoms with Crippen LogP contribution in [0.4, 0.5) is 4.79 Å². The van der Waals surface area contributed by atoms with Crippen LogP contribution in [0.2, 0.25) is 0 Å². The molecule has 7 nitrogen and oxygen atoms in total. The zero-order valence-corrected chi connectivity index (χ0v) is 13.7. The van der Waals surface area contributed by atoms with Gasteiger partial charge in [-0.1, -0.05) is 37.3 Å². The third-order valence-electron chi connectivity index (χ3n) is 4.69. The van der Waals surface area contributed by atoms with E-state index in [1.54, 1.807) is 12.1 Å². The Morgan fingerprint density at radius 3 is 2.50 bits per heavy atom. The molecule has 4 amide bonds. The largest absolute Gasteiger partial charge is 0.344 e. The van der Waals surface area contributed by atoms with Crippen LogP contribution in [0.3, 0.4) is 0 Å². The number of likely N-dealkylation sites (tertiary alicyclic amines) is 1. The second kappa shape index (κ2) is 6.60. The van der Waals surface area contributed by atoms with E-state index >= 15 is 0 Å². The Bertz CT molecular complexity index is 642. The molecule has 0 aliphatic carbocycles. The quantitative estimate of drug-likeness (QED) is 0.788. The number of urea groups is 1. The van der Waals surface area contributed by atoms with Crippen LogP contribution in [-0.4, -0.2) is 47.4 Å². The summed E-state index contributed by atoms with van der Waals surface area (Å²) in [5.41, 5.74) is 2.04. The average molecular weight is 330 g/mol. The molecular formula is C17H22N4O3. The van der Waals surface area contributed by atoms with Crippen LogP contribution in [0.25, 0.3) is 0 Å². The topological polar surface area (TPSA) is 81.8 Å². The molecule has 0 radical (unpaired) electrons. The molecule has 128 valence electrons. The molecule has 2 fully saturated rings. The number of imide groups is 1. The van der Waals surface area contributed by atoms with E-state index in [-0.39, 0.29) is 12.5 Å². The fourth-order valence-electron chi connectivity index (χ4n) is 3.34. The van der Waals surface area contributed by atoms with E-state index in [0.717, 1.165) is 30.9 Å². The molecule has 0 bridgehead atoms. The predicted octanol–water partition coefficient (Wildman–Crippen LogP) is 0.971. The Morgan fingerprint density at radius 2 is 1.88 bits per heavy atom. The predicted molar refractivity (Wildman–Crippen MR) is 87.6 cm³/mol. The van der Waals surface area contributed by atoms with Gasteiger partial charge in [0.25, 0.3) is 11.8 Å². The van der Waals surface area contributed by atoms with Gasteiger partial charge in [0.2, 0.25) is 0 Å². The van der Waals surface area contributed by atoms with Crippen LogP contribution in [0.1, 0.15) is 31.7 Å². The maximum Gasteiger partial charge on any atom is 0.344 e. The highest BCUT2D eigenvalue weighted by atomic mass is 16.2. The van der Waals surface area contributed by atoms with Gasteiger partial charge in [-0.3, -0.25) is 19.9 Å². The molecule has 0 aromatic heterocycles. The summed E-state index contributed by atoms with van der Waals surface area (Å²) in [5.74, 6) is -0.795. The van der Waals surface area contributed by atoms with E-state index in [1.165, 1.54) is 0 Å². The molecule has 0 spiro atoms. The van der Waals surface area contributed by atoms with Crippen LogP contribution in [-0.2, 0) is 15.1 Å². The third kappa shape index (κ3) is 2.87. The Morgan fingerprint density at radius 1 is 1.21 bits per heavy atom. The van der Waals surface area contributed by atoms with Crippen molar-refractivity contribution in [2.45, 2.75) is 31.7 Å². The minimum absolute atomic E-state index is 0.196. The van der Waals surface area contributed by atoms with Crippen molar-refractivity contribution in [3.63, 3.8) is 0 Å². The highest BCUT2D eigenvalue weighted by Gasteiger charge is 2.52. The van der Waals surface area contributed by atoms with E-state index in [4.69, 9.17) is 0 Å². The molecule has 2 aliphatic rings. The SMILES string of the molecule is CC[C@@]1(c2ccccc2)NC(=O)N(NC(=O)CN2CCCC2)C1=O. The number of amides is 4. The number of carbonyl (C=O) groups excluding carboxylic acids is 3. The van der Waals surface area contributed by atoms with Crippen LogP contribution < -0.4 is 10.7 Å². The Labute approximate surface area is 141 Å². The fraction of sp³-hybridized carbons (Fsp3) is 0.471. The van der Waals surface area contributed by atoms with E-state index in [9.17, 15) is 14.4 Å². The molecule has 1 aromatic carbocycles. The standard InChI is InChI=1S/C17H22N4O3/c1-2-17(13-8-4-3-5-9-13)15(23)21(16(24)18-17)19-14(22)12-20-10-6-7-11-20/h3-5,8-9H,2,6-7,10-12H2,1H3,(H,18,24)(H,19,22)/t17-/m0/s1. The number of benzene rings is 1. The van der Waals surface area contributed by atoms with Crippen molar-refractivity contribution in [3.05, 3.63) is 35.9 Å². The first-order chi connectivity index (χ1) is 11.6. The molecule has 1 aromatic rings. The molecule has 2 aliphatic heterocycles. The summed E-state index contributed by atoms with van der Waals surface area (Å²) < 4.78 is 0.